The Morgan fingerprint density at radius 3 is 2.86 bits per heavy atom. The third-order valence-corrected chi connectivity index (χ3v) is 2.67. The molecule has 0 aliphatic carbocycles. The van der Waals surface area contributed by atoms with Crippen molar-refractivity contribution in [2.75, 3.05) is 5.32 Å². The summed E-state index contributed by atoms with van der Waals surface area (Å²) in [6.07, 6.45) is 4.43. The maximum Gasteiger partial charge on any atom is 0.270 e. The Morgan fingerprint density at radius 2 is 2.14 bits per heavy atom. The number of nitro benzene ring substituents is 1. The third kappa shape index (κ3) is 4.24. The van der Waals surface area contributed by atoms with Crippen molar-refractivity contribution in [3.05, 3.63) is 69.9 Å². The van der Waals surface area contributed by atoms with Gasteiger partial charge in [-0.2, -0.15) is 0 Å². The number of carbonyl (C=O) groups is 1. The Balaban J connectivity index is 2.05. The second kappa shape index (κ2) is 6.42. The average molecular weight is 283 g/mol. The lowest BCUT2D eigenvalue weighted by Gasteiger charge is -2.01. The van der Waals surface area contributed by atoms with Crippen LogP contribution in [0.25, 0.3) is 6.08 Å². The summed E-state index contributed by atoms with van der Waals surface area (Å²) in [5.74, 6) is 0.114. The quantitative estimate of drug-likeness (QED) is 0.531. The highest BCUT2D eigenvalue weighted by Crippen LogP contribution is 2.14. The second-order valence-corrected chi connectivity index (χ2v) is 4.39. The Labute approximate surface area is 121 Å². The fourth-order valence-corrected chi connectivity index (χ4v) is 1.69. The monoisotopic (exact) mass is 283 g/mol. The van der Waals surface area contributed by atoms with Crippen LogP contribution in [0, 0.1) is 17.0 Å². The molecule has 0 fully saturated rings. The predicted molar refractivity (Wildman–Crippen MR) is 79.7 cm³/mol. The molecule has 0 bridgehead atoms. The number of nitro groups is 1. The molecule has 6 nitrogen and oxygen atoms in total. The average Bonchev–Trinajstić information content (AvgIpc) is 2.45. The fourth-order valence-electron chi connectivity index (χ4n) is 1.69. The molecule has 0 atom stereocenters. The van der Waals surface area contributed by atoms with Gasteiger partial charge in [0, 0.05) is 24.4 Å². The minimum absolute atomic E-state index is 0.0158. The molecule has 0 unspecified atom stereocenters. The highest BCUT2D eigenvalue weighted by Gasteiger charge is 2.04. The van der Waals surface area contributed by atoms with E-state index in [4.69, 9.17) is 0 Å². The van der Waals surface area contributed by atoms with E-state index in [1.807, 2.05) is 13.0 Å². The molecule has 0 spiro atoms. The third-order valence-electron chi connectivity index (χ3n) is 2.67. The van der Waals surface area contributed by atoms with Crippen LogP contribution in [-0.2, 0) is 4.79 Å². The molecule has 0 saturated heterocycles. The SMILES string of the molecule is Cc1ccnc(NC(=O)/C=C\c2cccc([N+](=O)[O-])c2)c1. The van der Waals surface area contributed by atoms with Crippen molar-refractivity contribution >= 4 is 23.5 Å². The number of pyridine rings is 1. The molecule has 2 aromatic rings. The van der Waals surface area contributed by atoms with Crippen molar-refractivity contribution in [2.24, 2.45) is 0 Å². The van der Waals surface area contributed by atoms with Gasteiger partial charge in [0.05, 0.1) is 4.92 Å². The standard InChI is InChI=1S/C15H13N3O3/c1-11-7-8-16-14(9-11)17-15(19)6-5-12-3-2-4-13(10-12)18(20)21/h2-10H,1H3,(H,16,17,19)/b6-5-. The zero-order valence-electron chi connectivity index (χ0n) is 11.3. The summed E-state index contributed by atoms with van der Waals surface area (Å²) in [7, 11) is 0. The van der Waals surface area contributed by atoms with Gasteiger partial charge < -0.3 is 5.32 Å². The summed E-state index contributed by atoms with van der Waals surface area (Å²) in [6, 6.07) is 9.62. The number of nitrogens with one attached hydrogen (secondary N) is 1. The van der Waals surface area contributed by atoms with Gasteiger partial charge in [0.25, 0.3) is 5.69 Å². The lowest BCUT2D eigenvalue weighted by Crippen LogP contribution is -2.09. The van der Waals surface area contributed by atoms with E-state index in [1.54, 1.807) is 24.4 Å². The lowest BCUT2D eigenvalue weighted by atomic mass is 10.2. The number of aromatic nitrogens is 1. The molecular weight excluding hydrogens is 270 g/mol. The van der Waals surface area contributed by atoms with Gasteiger partial charge in [-0.1, -0.05) is 12.1 Å². The van der Waals surface area contributed by atoms with Crippen LogP contribution < -0.4 is 5.32 Å². The van der Waals surface area contributed by atoms with Crippen molar-refractivity contribution in [1.82, 2.24) is 4.98 Å². The number of aryl methyl sites for hydroxylation is 1. The van der Waals surface area contributed by atoms with Crippen LogP contribution in [0.15, 0.2) is 48.7 Å². The highest BCUT2D eigenvalue weighted by atomic mass is 16.6. The maximum atomic E-state index is 11.7. The molecule has 1 N–H and O–H groups in total. The molecule has 2 rings (SSSR count). The van der Waals surface area contributed by atoms with E-state index in [0.717, 1.165) is 5.56 Å². The first kappa shape index (κ1) is 14.4. The Morgan fingerprint density at radius 1 is 1.33 bits per heavy atom. The molecule has 1 aromatic heterocycles. The number of non-ortho nitro benzene ring substituents is 1. The lowest BCUT2D eigenvalue weighted by molar-refractivity contribution is -0.384. The predicted octanol–water partition coefficient (Wildman–Crippen LogP) is 2.95. The maximum absolute atomic E-state index is 11.7. The van der Waals surface area contributed by atoms with Gasteiger partial charge in [0.1, 0.15) is 5.82 Å². The zero-order chi connectivity index (χ0) is 15.2. The number of hydrogen-bond acceptors (Lipinski definition) is 4. The topological polar surface area (TPSA) is 85.1 Å². The minimum Gasteiger partial charge on any atom is -0.307 e. The number of anilines is 1. The molecule has 1 heterocycles. The fraction of sp³-hybridized carbons (Fsp3) is 0.0667. The summed E-state index contributed by atoms with van der Waals surface area (Å²) in [4.78, 5) is 25.9. The van der Waals surface area contributed by atoms with E-state index in [9.17, 15) is 14.9 Å². The molecule has 6 heteroatoms. The number of nitrogens with zero attached hydrogens (tertiary/aromatic N) is 2. The molecule has 1 amide bonds. The van der Waals surface area contributed by atoms with Gasteiger partial charge in [-0.05, 0) is 36.3 Å². The van der Waals surface area contributed by atoms with E-state index in [0.29, 0.717) is 11.4 Å². The summed E-state index contributed by atoms with van der Waals surface area (Å²) >= 11 is 0. The molecule has 0 radical (unpaired) electrons. The van der Waals surface area contributed by atoms with Crippen molar-refractivity contribution in [3.63, 3.8) is 0 Å². The van der Waals surface area contributed by atoms with Crippen molar-refractivity contribution in [1.29, 1.82) is 0 Å². The number of hydrogen-bond donors (Lipinski definition) is 1. The van der Waals surface area contributed by atoms with Crippen LogP contribution in [0.5, 0.6) is 0 Å². The largest absolute Gasteiger partial charge is 0.307 e. The summed E-state index contributed by atoms with van der Waals surface area (Å²) in [5.41, 5.74) is 1.55. The molecule has 0 saturated carbocycles. The minimum atomic E-state index is -0.478. The van der Waals surface area contributed by atoms with Crippen LogP contribution in [0.1, 0.15) is 11.1 Å². The van der Waals surface area contributed by atoms with Crippen LogP contribution >= 0.6 is 0 Å². The summed E-state index contributed by atoms with van der Waals surface area (Å²) in [6.45, 7) is 1.90. The zero-order valence-corrected chi connectivity index (χ0v) is 11.3. The van der Waals surface area contributed by atoms with Gasteiger partial charge in [-0.15, -0.1) is 0 Å². The first-order valence-corrected chi connectivity index (χ1v) is 6.21. The van der Waals surface area contributed by atoms with Crippen LogP contribution in [0.4, 0.5) is 11.5 Å². The first-order chi connectivity index (χ1) is 10.0. The highest BCUT2D eigenvalue weighted by molar-refractivity contribution is 6.01. The van der Waals surface area contributed by atoms with Crippen LogP contribution in [0.2, 0.25) is 0 Å². The molecular formula is C15H13N3O3. The second-order valence-electron chi connectivity index (χ2n) is 4.39. The van der Waals surface area contributed by atoms with E-state index in [-0.39, 0.29) is 11.6 Å². The number of amides is 1. The van der Waals surface area contributed by atoms with Crippen molar-refractivity contribution in [2.45, 2.75) is 6.92 Å². The van der Waals surface area contributed by atoms with Gasteiger partial charge in [0.15, 0.2) is 0 Å². The Bertz CT molecular complexity index is 711. The van der Waals surface area contributed by atoms with E-state index in [2.05, 4.69) is 10.3 Å². The number of carbonyl (C=O) groups excluding carboxylic acids is 1. The number of benzene rings is 1. The molecule has 0 aliphatic rings. The molecule has 0 aliphatic heterocycles. The molecule has 21 heavy (non-hydrogen) atoms. The summed E-state index contributed by atoms with van der Waals surface area (Å²) in [5, 5.41) is 13.3. The summed E-state index contributed by atoms with van der Waals surface area (Å²) < 4.78 is 0. The smallest absolute Gasteiger partial charge is 0.270 e. The van der Waals surface area contributed by atoms with Crippen molar-refractivity contribution < 1.29 is 9.72 Å². The van der Waals surface area contributed by atoms with E-state index < -0.39 is 4.92 Å². The Hall–Kier alpha value is -3.02. The first-order valence-electron chi connectivity index (χ1n) is 6.21. The van der Waals surface area contributed by atoms with Crippen LogP contribution in [-0.4, -0.2) is 15.8 Å². The van der Waals surface area contributed by atoms with Crippen LogP contribution in [0.3, 0.4) is 0 Å². The number of rotatable bonds is 4. The van der Waals surface area contributed by atoms with Gasteiger partial charge >= 0.3 is 0 Å². The molecule has 106 valence electrons. The van der Waals surface area contributed by atoms with Gasteiger partial charge in [-0.3, -0.25) is 14.9 Å². The normalized spacial score (nSPS) is 10.5. The van der Waals surface area contributed by atoms with Crippen molar-refractivity contribution in [3.8, 4) is 0 Å². The van der Waals surface area contributed by atoms with E-state index in [1.165, 1.54) is 24.3 Å². The van der Waals surface area contributed by atoms with E-state index >= 15 is 0 Å². The Kier molecular flexibility index (Phi) is 4.40. The van der Waals surface area contributed by atoms with Gasteiger partial charge in [0.2, 0.25) is 5.91 Å². The molecule has 1 aromatic carbocycles. The van der Waals surface area contributed by atoms with Gasteiger partial charge in [-0.25, -0.2) is 4.98 Å².